The van der Waals surface area contributed by atoms with Crippen molar-refractivity contribution in [1.29, 1.82) is 0 Å². The van der Waals surface area contributed by atoms with Crippen molar-refractivity contribution in [2.24, 2.45) is 0 Å². The summed E-state index contributed by atoms with van der Waals surface area (Å²) >= 11 is 0. The SMILES string of the molecule is COc1cc(Nc2ncc(F)c(-c3cnc(C)n3C3CCOCC3)n2)ccc1C(=O)N1CCN(C)CC1.Cl. The van der Waals surface area contributed by atoms with Gasteiger partial charge >= 0.3 is 0 Å². The number of nitrogens with one attached hydrogen (secondary N) is 1. The minimum absolute atomic E-state index is 0. The lowest BCUT2D eigenvalue weighted by atomic mass is 10.1. The Labute approximate surface area is 227 Å². The van der Waals surface area contributed by atoms with E-state index in [4.69, 9.17) is 9.47 Å². The number of amides is 1. The van der Waals surface area contributed by atoms with Gasteiger partial charge < -0.3 is 29.2 Å². The van der Waals surface area contributed by atoms with Crippen LogP contribution in [-0.4, -0.2) is 88.8 Å². The van der Waals surface area contributed by atoms with Crippen LogP contribution in [0.15, 0.2) is 30.6 Å². The molecule has 5 rings (SSSR count). The maximum atomic E-state index is 14.9. The minimum Gasteiger partial charge on any atom is -0.496 e. The number of rotatable bonds is 6. The van der Waals surface area contributed by atoms with Gasteiger partial charge in [-0.2, -0.15) is 0 Å². The van der Waals surface area contributed by atoms with E-state index < -0.39 is 5.82 Å². The summed E-state index contributed by atoms with van der Waals surface area (Å²) in [6, 6.07) is 5.41. The highest BCUT2D eigenvalue weighted by molar-refractivity contribution is 5.97. The molecule has 4 heterocycles. The summed E-state index contributed by atoms with van der Waals surface area (Å²) in [7, 11) is 3.58. The Kier molecular flexibility index (Phi) is 8.80. The molecule has 2 aliphatic heterocycles. The molecule has 1 N–H and O–H groups in total. The standard InChI is InChI=1S/C26H32FN7O3.ClH/c1-17-28-16-22(34(17)19-6-12-37-13-7-19)24-21(27)15-29-26(31-24)30-18-4-5-20(23(14-18)36-3)25(35)33-10-8-32(2)9-11-33;/h4-5,14-16,19H,6-13H2,1-3H3,(H,29,30,31);1H. The average Bonchev–Trinajstić information content (AvgIpc) is 3.31. The van der Waals surface area contributed by atoms with Gasteiger partial charge in [-0.15, -0.1) is 12.4 Å². The highest BCUT2D eigenvalue weighted by atomic mass is 35.5. The van der Waals surface area contributed by atoms with E-state index in [1.807, 2.05) is 23.4 Å². The number of nitrogens with zero attached hydrogens (tertiary/aromatic N) is 6. The van der Waals surface area contributed by atoms with Gasteiger partial charge in [-0.1, -0.05) is 0 Å². The molecule has 0 atom stereocenters. The third-order valence-corrected chi connectivity index (χ3v) is 7.00. The van der Waals surface area contributed by atoms with Crippen LogP contribution in [0.4, 0.5) is 16.0 Å². The van der Waals surface area contributed by atoms with E-state index in [1.54, 1.807) is 24.4 Å². The molecule has 3 aromatic rings. The quantitative estimate of drug-likeness (QED) is 0.501. The minimum atomic E-state index is -0.524. The van der Waals surface area contributed by atoms with Crippen molar-refractivity contribution < 1.29 is 18.7 Å². The van der Waals surface area contributed by atoms with E-state index in [2.05, 4.69) is 25.2 Å². The highest BCUT2D eigenvalue weighted by Crippen LogP contribution is 2.31. The van der Waals surface area contributed by atoms with Crippen LogP contribution in [0.1, 0.15) is 35.1 Å². The summed E-state index contributed by atoms with van der Waals surface area (Å²) in [5.74, 6) is 0.899. The van der Waals surface area contributed by atoms with E-state index in [-0.39, 0.29) is 36.0 Å². The number of aromatic nitrogens is 4. The van der Waals surface area contributed by atoms with Crippen molar-refractivity contribution in [3.63, 3.8) is 0 Å². The Balaban J connectivity index is 0.00000336. The Morgan fingerprint density at radius 2 is 1.87 bits per heavy atom. The lowest BCUT2D eigenvalue weighted by Gasteiger charge is -2.32. The zero-order valence-electron chi connectivity index (χ0n) is 21.8. The Morgan fingerprint density at radius 1 is 1.13 bits per heavy atom. The molecule has 204 valence electrons. The number of hydrogen-bond acceptors (Lipinski definition) is 8. The van der Waals surface area contributed by atoms with Crippen molar-refractivity contribution >= 4 is 29.9 Å². The average molecular weight is 546 g/mol. The number of benzene rings is 1. The zero-order chi connectivity index (χ0) is 25.9. The first-order chi connectivity index (χ1) is 17.9. The van der Waals surface area contributed by atoms with Crippen molar-refractivity contribution in [2.75, 3.05) is 58.9 Å². The molecule has 2 aromatic heterocycles. The number of halogens is 2. The van der Waals surface area contributed by atoms with Crippen LogP contribution in [0.2, 0.25) is 0 Å². The van der Waals surface area contributed by atoms with Crippen molar-refractivity contribution in [3.05, 3.63) is 47.8 Å². The summed E-state index contributed by atoms with van der Waals surface area (Å²) in [6.07, 6.45) is 4.48. The lowest BCUT2D eigenvalue weighted by molar-refractivity contribution is 0.0660. The number of piperazine rings is 1. The number of ether oxygens (including phenoxy) is 2. The summed E-state index contributed by atoms with van der Waals surface area (Å²) in [5.41, 5.74) is 1.91. The third kappa shape index (κ3) is 5.74. The van der Waals surface area contributed by atoms with E-state index in [9.17, 15) is 9.18 Å². The summed E-state index contributed by atoms with van der Waals surface area (Å²) in [5, 5.41) is 3.12. The fourth-order valence-corrected chi connectivity index (χ4v) is 4.89. The topological polar surface area (TPSA) is 97.6 Å². The van der Waals surface area contributed by atoms with Gasteiger partial charge in [-0.3, -0.25) is 4.79 Å². The van der Waals surface area contributed by atoms with Crippen molar-refractivity contribution in [1.82, 2.24) is 29.3 Å². The molecule has 0 unspecified atom stereocenters. The maximum Gasteiger partial charge on any atom is 0.257 e. The maximum absolute atomic E-state index is 14.9. The van der Waals surface area contributed by atoms with Crippen LogP contribution in [0, 0.1) is 12.7 Å². The molecule has 0 radical (unpaired) electrons. The molecular formula is C26H33ClFN7O3. The van der Waals surface area contributed by atoms with Crippen LogP contribution in [0.3, 0.4) is 0 Å². The fourth-order valence-electron chi connectivity index (χ4n) is 4.89. The molecule has 0 spiro atoms. The van der Waals surface area contributed by atoms with E-state index >= 15 is 0 Å². The third-order valence-electron chi connectivity index (χ3n) is 7.00. The first kappa shape index (κ1) is 27.7. The van der Waals surface area contributed by atoms with Gasteiger partial charge in [0.2, 0.25) is 5.95 Å². The smallest absolute Gasteiger partial charge is 0.257 e. The predicted molar refractivity (Wildman–Crippen MR) is 144 cm³/mol. The first-order valence-electron chi connectivity index (χ1n) is 12.5. The first-order valence-corrected chi connectivity index (χ1v) is 12.5. The lowest BCUT2D eigenvalue weighted by Crippen LogP contribution is -2.47. The fraction of sp³-hybridized carbons (Fsp3) is 0.462. The summed E-state index contributed by atoms with van der Waals surface area (Å²) in [6.45, 7) is 6.26. The number of carbonyl (C=O) groups is 1. The van der Waals surface area contributed by atoms with Crippen molar-refractivity contribution in [3.8, 4) is 17.1 Å². The van der Waals surface area contributed by atoms with Crippen LogP contribution >= 0.6 is 12.4 Å². The normalized spacial score (nSPS) is 16.7. The van der Waals surface area contributed by atoms with E-state index in [0.717, 1.165) is 38.0 Å². The number of likely N-dealkylation sites (N-methyl/N-ethyl adjacent to an activating group) is 1. The molecule has 0 aliphatic carbocycles. The molecule has 1 aromatic carbocycles. The molecule has 2 saturated heterocycles. The van der Waals surface area contributed by atoms with Gasteiger partial charge in [-0.05, 0) is 38.9 Å². The molecule has 2 fully saturated rings. The second kappa shape index (κ2) is 12.1. The number of imidazole rings is 1. The largest absolute Gasteiger partial charge is 0.496 e. The second-order valence-electron chi connectivity index (χ2n) is 9.43. The Morgan fingerprint density at radius 3 is 2.58 bits per heavy atom. The van der Waals surface area contributed by atoms with Gasteiger partial charge in [0.15, 0.2) is 5.82 Å². The van der Waals surface area contributed by atoms with E-state index in [0.29, 0.717) is 49.0 Å². The summed E-state index contributed by atoms with van der Waals surface area (Å²) in [4.78, 5) is 30.2. The van der Waals surface area contributed by atoms with Crippen LogP contribution in [0.25, 0.3) is 11.4 Å². The van der Waals surface area contributed by atoms with Gasteiger partial charge in [0, 0.05) is 57.2 Å². The van der Waals surface area contributed by atoms with Gasteiger partial charge in [0.05, 0.1) is 30.8 Å². The number of methoxy groups -OCH3 is 1. The molecule has 10 nitrogen and oxygen atoms in total. The molecule has 2 aliphatic rings. The Hall–Kier alpha value is -3.28. The van der Waals surface area contributed by atoms with Gasteiger partial charge in [-0.25, -0.2) is 19.3 Å². The zero-order valence-corrected chi connectivity index (χ0v) is 22.6. The van der Waals surface area contributed by atoms with E-state index in [1.165, 1.54) is 7.11 Å². The van der Waals surface area contributed by atoms with Gasteiger partial charge in [0.1, 0.15) is 17.3 Å². The molecule has 0 saturated carbocycles. The predicted octanol–water partition coefficient (Wildman–Crippen LogP) is 3.70. The van der Waals surface area contributed by atoms with Crippen LogP contribution < -0.4 is 10.1 Å². The number of anilines is 2. The molecule has 0 bridgehead atoms. The second-order valence-corrected chi connectivity index (χ2v) is 9.43. The highest BCUT2D eigenvalue weighted by Gasteiger charge is 2.25. The van der Waals surface area contributed by atoms with Crippen molar-refractivity contribution in [2.45, 2.75) is 25.8 Å². The van der Waals surface area contributed by atoms with Crippen LogP contribution in [0.5, 0.6) is 5.75 Å². The molecule has 12 heteroatoms. The number of aryl methyl sites for hydroxylation is 1. The van der Waals surface area contributed by atoms with Crippen LogP contribution in [-0.2, 0) is 4.74 Å². The van der Waals surface area contributed by atoms with Gasteiger partial charge in [0.25, 0.3) is 5.91 Å². The molecular weight excluding hydrogens is 513 g/mol. The monoisotopic (exact) mass is 545 g/mol. The number of carbonyl (C=O) groups excluding carboxylic acids is 1. The Bertz CT molecular complexity index is 1270. The number of hydrogen-bond donors (Lipinski definition) is 1. The summed E-state index contributed by atoms with van der Waals surface area (Å²) < 4.78 is 28.0. The molecule has 38 heavy (non-hydrogen) atoms. The molecule has 1 amide bonds.